The minimum absolute atomic E-state index is 0.201. The summed E-state index contributed by atoms with van der Waals surface area (Å²) in [4.78, 5) is 0. The van der Waals surface area contributed by atoms with Gasteiger partial charge in [-0.3, -0.25) is 0 Å². The third-order valence-corrected chi connectivity index (χ3v) is 3.24. The normalized spacial score (nSPS) is 11.9. The molecule has 0 amide bonds. The van der Waals surface area contributed by atoms with Crippen molar-refractivity contribution in [1.29, 1.82) is 0 Å². The summed E-state index contributed by atoms with van der Waals surface area (Å²) in [6.07, 6.45) is 0. The lowest BCUT2D eigenvalue weighted by Gasteiger charge is -2.18. The van der Waals surface area contributed by atoms with Crippen LogP contribution in [-0.4, -0.2) is 14.2 Å². The lowest BCUT2D eigenvalue weighted by molar-refractivity contribution is 0.371. The number of methoxy groups -OCH3 is 2. The molecule has 2 aromatic carbocycles. The predicted octanol–water partition coefficient (Wildman–Crippen LogP) is 3.82. The highest BCUT2D eigenvalue weighted by molar-refractivity contribution is 5.51. The molecule has 0 unspecified atom stereocenters. The zero-order valence-electron chi connectivity index (χ0n) is 12.8. The van der Waals surface area contributed by atoms with Gasteiger partial charge >= 0.3 is 0 Å². The quantitative estimate of drug-likeness (QED) is 0.908. The maximum absolute atomic E-state index is 6.05. The Morgan fingerprint density at radius 3 is 2.19 bits per heavy atom. The summed E-state index contributed by atoms with van der Waals surface area (Å²) >= 11 is 0. The van der Waals surface area contributed by atoms with Gasteiger partial charge in [0.2, 0.25) is 0 Å². The molecule has 1 atom stereocenters. The van der Waals surface area contributed by atoms with E-state index in [9.17, 15) is 0 Å². The lowest BCUT2D eigenvalue weighted by atomic mass is 10.1. The summed E-state index contributed by atoms with van der Waals surface area (Å²) in [5, 5.41) is 0. The highest BCUT2D eigenvalue weighted by atomic mass is 16.5. The van der Waals surface area contributed by atoms with Gasteiger partial charge in [-0.25, -0.2) is 0 Å². The van der Waals surface area contributed by atoms with Crippen LogP contribution < -0.4 is 19.9 Å². The number of hydrogen-bond donors (Lipinski definition) is 1. The van der Waals surface area contributed by atoms with Crippen molar-refractivity contribution in [1.82, 2.24) is 0 Å². The number of benzene rings is 2. The molecule has 0 aliphatic carbocycles. The number of hydrogen-bond acceptors (Lipinski definition) is 4. The number of aryl methyl sites for hydroxylation is 1. The first-order valence-electron chi connectivity index (χ1n) is 6.81. The average Bonchev–Trinajstić information content (AvgIpc) is 2.48. The molecule has 4 heteroatoms. The zero-order chi connectivity index (χ0) is 15.4. The highest BCUT2D eigenvalue weighted by Gasteiger charge is 2.16. The number of ether oxygens (including phenoxy) is 3. The first-order chi connectivity index (χ1) is 10.1. The van der Waals surface area contributed by atoms with E-state index in [0.29, 0.717) is 23.0 Å². The molecule has 2 rings (SSSR count). The van der Waals surface area contributed by atoms with Crippen LogP contribution in [0.5, 0.6) is 23.0 Å². The Morgan fingerprint density at radius 2 is 1.57 bits per heavy atom. The Bertz CT molecular complexity index is 623. The van der Waals surface area contributed by atoms with Gasteiger partial charge in [0.05, 0.1) is 19.8 Å². The molecule has 0 heterocycles. The minimum atomic E-state index is -0.201. The fraction of sp³-hybridized carbons (Fsp3) is 0.294. The van der Waals surface area contributed by atoms with Crippen LogP contribution in [0.3, 0.4) is 0 Å². The second-order valence-electron chi connectivity index (χ2n) is 4.92. The van der Waals surface area contributed by atoms with Gasteiger partial charge in [0, 0.05) is 6.04 Å². The van der Waals surface area contributed by atoms with Crippen LogP contribution >= 0.6 is 0 Å². The Labute approximate surface area is 125 Å². The van der Waals surface area contributed by atoms with Gasteiger partial charge < -0.3 is 19.9 Å². The van der Waals surface area contributed by atoms with Crippen LogP contribution in [0.1, 0.15) is 24.1 Å². The van der Waals surface area contributed by atoms with Crippen LogP contribution in [0.4, 0.5) is 0 Å². The van der Waals surface area contributed by atoms with Crippen LogP contribution in [-0.2, 0) is 0 Å². The zero-order valence-corrected chi connectivity index (χ0v) is 12.8. The first kappa shape index (κ1) is 15.2. The Morgan fingerprint density at radius 1 is 0.905 bits per heavy atom. The Balaban J connectivity index is 2.44. The smallest absolute Gasteiger partial charge is 0.169 e. The standard InChI is InChI=1S/C17H21NO3/c1-11-8-9-13(16(10-11)20-4)21-15-7-5-6-14(19-3)17(15)12(2)18/h5-10,12H,18H2,1-4H3/t12-/m1/s1. The molecular weight excluding hydrogens is 266 g/mol. The van der Waals surface area contributed by atoms with Gasteiger partial charge in [-0.2, -0.15) is 0 Å². The first-order valence-corrected chi connectivity index (χ1v) is 6.81. The van der Waals surface area contributed by atoms with Crippen molar-refractivity contribution >= 4 is 0 Å². The molecule has 0 aliphatic heterocycles. The molecule has 21 heavy (non-hydrogen) atoms. The van der Waals surface area contributed by atoms with Crippen LogP contribution in [0.25, 0.3) is 0 Å². The molecule has 0 bridgehead atoms. The maximum Gasteiger partial charge on any atom is 0.169 e. The van der Waals surface area contributed by atoms with Crippen molar-refractivity contribution in [3.05, 3.63) is 47.5 Å². The molecule has 0 fully saturated rings. The SMILES string of the molecule is COc1cc(C)ccc1Oc1cccc(OC)c1[C@@H](C)N. The van der Waals surface area contributed by atoms with E-state index in [4.69, 9.17) is 19.9 Å². The third-order valence-electron chi connectivity index (χ3n) is 3.24. The fourth-order valence-corrected chi connectivity index (χ4v) is 2.22. The van der Waals surface area contributed by atoms with Crippen molar-refractivity contribution in [3.8, 4) is 23.0 Å². The third kappa shape index (κ3) is 3.28. The second-order valence-corrected chi connectivity index (χ2v) is 4.92. The number of rotatable bonds is 5. The van der Waals surface area contributed by atoms with Crippen LogP contribution in [0.15, 0.2) is 36.4 Å². The summed E-state index contributed by atoms with van der Waals surface area (Å²) in [6, 6.07) is 11.2. The molecular formula is C17H21NO3. The summed E-state index contributed by atoms with van der Waals surface area (Å²) in [7, 11) is 3.25. The molecule has 0 radical (unpaired) electrons. The van der Waals surface area contributed by atoms with E-state index in [0.717, 1.165) is 11.1 Å². The van der Waals surface area contributed by atoms with E-state index < -0.39 is 0 Å². The predicted molar refractivity (Wildman–Crippen MR) is 83.4 cm³/mol. The molecule has 2 aromatic rings. The van der Waals surface area contributed by atoms with Crippen LogP contribution in [0.2, 0.25) is 0 Å². The highest BCUT2D eigenvalue weighted by Crippen LogP contribution is 2.38. The average molecular weight is 287 g/mol. The van der Waals surface area contributed by atoms with Gasteiger partial charge in [-0.15, -0.1) is 0 Å². The van der Waals surface area contributed by atoms with Gasteiger partial charge in [0.1, 0.15) is 11.5 Å². The van der Waals surface area contributed by atoms with Gasteiger partial charge in [-0.05, 0) is 43.7 Å². The lowest BCUT2D eigenvalue weighted by Crippen LogP contribution is -2.08. The van der Waals surface area contributed by atoms with Gasteiger partial charge in [0.25, 0.3) is 0 Å². The van der Waals surface area contributed by atoms with E-state index in [-0.39, 0.29) is 6.04 Å². The fourth-order valence-electron chi connectivity index (χ4n) is 2.22. The monoisotopic (exact) mass is 287 g/mol. The van der Waals surface area contributed by atoms with E-state index in [2.05, 4.69) is 0 Å². The summed E-state index contributed by atoms with van der Waals surface area (Å²) < 4.78 is 16.7. The molecule has 4 nitrogen and oxygen atoms in total. The molecule has 0 saturated heterocycles. The van der Waals surface area contributed by atoms with Crippen molar-refractivity contribution in [3.63, 3.8) is 0 Å². The van der Waals surface area contributed by atoms with E-state index in [1.54, 1.807) is 14.2 Å². The maximum atomic E-state index is 6.05. The van der Waals surface area contributed by atoms with E-state index >= 15 is 0 Å². The largest absolute Gasteiger partial charge is 0.496 e. The van der Waals surface area contributed by atoms with E-state index in [1.807, 2.05) is 50.2 Å². The topological polar surface area (TPSA) is 53.7 Å². The van der Waals surface area contributed by atoms with Crippen molar-refractivity contribution in [2.45, 2.75) is 19.9 Å². The Hall–Kier alpha value is -2.20. The van der Waals surface area contributed by atoms with E-state index in [1.165, 1.54) is 0 Å². The van der Waals surface area contributed by atoms with Crippen molar-refractivity contribution in [2.75, 3.05) is 14.2 Å². The summed E-state index contributed by atoms with van der Waals surface area (Å²) in [5.74, 6) is 2.73. The van der Waals surface area contributed by atoms with Gasteiger partial charge in [-0.1, -0.05) is 12.1 Å². The summed E-state index contributed by atoms with van der Waals surface area (Å²) in [6.45, 7) is 3.91. The van der Waals surface area contributed by atoms with Crippen molar-refractivity contribution in [2.24, 2.45) is 5.73 Å². The molecule has 0 saturated carbocycles. The minimum Gasteiger partial charge on any atom is -0.496 e. The van der Waals surface area contributed by atoms with Gasteiger partial charge in [0.15, 0.2) is 11.5 Å². The Kier molecular flexibility index (Phi) is 4.70. The number of nitrogens with two attached hydrogens (primary N) is 1. The molecule has 0 aromatic heterocycles. The molecule has 0 spiro atoms. The molecule has 2 N–H and O–H groups in total. The van der Waals surface area contributed by atoms with Crippen LogP contribution in [0, 0.1) is 6.92 Å². The second kappa shape index (κ2) is 6.50. The van der Waals surface area contributed by atoms with Crippen molar-refractivity contribution < 1.29 is 14.2 Å². The molecule has 0 aliphatic rings. The summed E-state index contributed by atoms with van der Waals surface area (Å²) in [5.41, 5.74) is 7.99. The molecule has 112 valence electrons.